The van der Waals surface area contributed by atoms with Crippen molar-refractivity contribution in [2.24, 2.45) is 0 Å². The molecular weight excluding hydrogens is 512 g/mol. The zero-order valence-corrected chi connectivity index (χ0v) is 21.8. The van der Waals surface area contributed by atoms with Crippen molar-refractivity contribution >= 4 is 38.4 Å². The molecule has 6 heteroatoms. The number of aromatic nitrogens is 2. The fourth-order valence-electron chi connectivity index (χ4n) is 4.18. The summed E-state index contributed by atoms with van der Waals surface area (Å²) >= 11 is 9.67. The first kappa shape index (κ1) is 24.5. The second-order valence-electron chi connectivity index (χ2n) is 8.57. The number of halogens is 2. The van der Waals surface area contributed by atoms with Gasteiger partial charge in [0.1, 0.15) is 11.6 Å². The molecule has 1 heterocycles. The minimum absolute atomic E-state index is 0.00132. The maximum atomic E-state index is 13.3. The minimum Gasteiger partial charge on any atom is -0.492 e. The summed E-state index contributed by atoms with van der Waals surface area (Å²) in [5.74, 6) is 1.61. The maximum Gasteiger partial charge on any atom is 0.261 e. The van der Waals surface area contributed by atoms with E-state index < -0.39 is 0 Å². The predicted octanol–water partition coefficient (Wildman–Crippen LogP) is 7.74. The van der Waals surface area contributed by atoms with Crippen LogP contribution < -0.4 is 10.3 Å². The van der Waals surface area contributed by atoms with Gasteiger partial charge in [-0.2, -0.15) is 0 Å². The van der Waals surface area contributed by atoms with Gasteiger partial charge in [0, 0.05) is 17.1 Å². The second-order valence-corrected chi connectivity index (χ2v) is 9.86. The number of fused-ring (bicyclic) bond motifs is 1. The number of ether oxygens (including phenoxy) is 1. The summed E-state index contributed by atoms with van der Waals surface area (Å²) in [5, 5.41) is 1.31. The van der Waals surface area contributed by atoms with Crippen LogP contribution in [0.5, 0.6) is 5.75 Å². The Morgan fingerprint density at radius 1 is 0.971 bits per heavy atom. The van der Waals surface area contributed by atoms with Gasteiger partial charge in [-0.15, -0.1) is 0 Å². The molecule has 4 aromatic rings. The molecule has 0 unspecified atom stereocenters. The Hall–Kier alpha value is -2.63. The highest BCUT2D eigenvalue weighted by Crippen LogP contribution is 2.30. The summed E-state index contributed by atoms with van der Waals surface area (Å²) in [6, 6.07) is 19.2. The van der Waals surface area contributed by atoms with Gasteiger partial charge in [0.05, 0.1) is 22.0 Å². The summed E-state index contributed by atoms with van der Waals surface area (Å²) < 4.78 is 8.82. The Labute approximate surface area is 213 Å². The van der Waals surface area contributed by atoms with Gasteiger partial charge in [0.25, 0.3) is 5.56 Å². The van der Waals surface area contributed by atoms with Crippen LogP contribution in [-0.4, -0.2) is 16.2 Å². The molecule has 0 aliphatic heterocycles. The molecule has 0 radical (unpaired) electrons. The molecule has 0 spiro atoms. The van der Waals surface area contributed by atoms with Crippen molar-refractivity contribution in [3.63, 3.8) is 0 Å². The zero-order valence-electron chi connectivity index (χ0n) is 19.5. The molecule has 176 valence electrons. The molecule has 0 fully saturated rings. The van der Waals surface area contributed by atoms with Gasteiger partial charge in [-0.25, -0.2) is 4.98 Å². The molecular formula is C28H28BrClN2O2. The molecule has 1 aromatic heterocycles. The summed E-state index contributed by atoms with van der Waals surface area (Å²) in [7, 11) is 0. The standard InChI is InChI=1S/C28H28BrClN2O2/c1-19-17-20(2)26(24(29)18-19)34-16-8-4-3-7-15-32-27(21-11-13-22(30)14-12-21)31-25-10-6-5-9-23(25)28(32)33/h5-6,9-14,17-18H,3-4,7-8,15-16H2,1-2H3. The fourth-order valence-corrected chi connectivity index (χ4v) is 5.09. The predicted molar refractivity (Wildman–Crippen MR) is 144 cm³/mol. The van der Waals surface area contributed by atoms with Crippen LogP contribution in [0.2, 0.25) is 5.02 Å². The number of rotatable bonds is 9. The van der Waals surface area contributed by atoms with E-state index in [1.165, 1.54) is 5.56 Å². The Bertz CT molecular complexity index is 1330. The van der Waals surface area contributed by atoms with Crippen molar-refractivity contribution in [3.8, 4) is 17.1 Å². The first-order chi connectivity index (χ1) is 16.4. The van der Waals surface area contributed by atoms with Crippen LogP contribution in [0.1, 0.15) is 36.8 Å². The van der Waals surface area contributed by atoms with E-state index in [1.54, 1.807) is 4.57 Å². The molecule has 0 saturated heterocycles. The van der Waals surface area contributed by atoms with Crippen molar-refractivity contribution in [3.05, 3.63) is 91.6 Å². The van der Waals surface area contributed by atoms with Crippen molar-refractivity contribution < 1.29 is 4.74 Å². The van der Waals surface area contributed by atoms with E-state index in [2.05, 4.69) is 41.9 Å². The minimum atomic E-state index is -0.00132. The largest absolute Gasteiger partial charge is 0.492 e. The smallest absolute Gasteiger partial charge is 0.261 e. The monoisotopic (exact) mass is 538 g/mol. The van der Waals surface area contributed by atoms with Crippen LogP contribution in [0.4, 0.5) is 0 Å². The maximum absolute atomic E-state index is 13.3. The molecule has 0 atom stereocenters. The molecule has 0 aliphatic carbocycles. The average molecular weight is 540 g/mol. The van der Waals surface area contributed by atoms with Gasteiger partial charge in [0.15, 0.2) is 0 Å². The first-order valence-electron chi connectivity index (χ1n) is 11.6. The van der Waals surface area contributed by atoms with Crippen molar-refractivity contribution in [2.45, 2.75) is 46.1 Å². The van der Waals surface area contributed by atoms with Crippen LogP contribution in [-0.2, 0) is 6.54 Å². The molecule has 0 bridgehead atoms. The zero-order chi connectivity index (χ0) is 24.1. The number of nitrogens with zero attached hydrogens (tertiary/aromatic N) is 2. The highest BCUT2D eigenvalue weighted by Gasteiger charge is 2.13. The lowest BCUT2D eigenvalue weighted by Gasteiger charge is -2.14. The van der Waals surface area contributed by atoms with E-state index in [4.69, 9.17) is 21.3 Å². The molecule has 34 heavy (non-hydrogen) atoms. The topological polar surface area (TPSA) is 44.1 Å². The van der Waals surface area contributed by atoms with Crippen LogP contribution in [0.25, 0.3) is 22.3 Å². The van der Waals surface area contributed by atoms with E-state index in [0.717, 1.165) is 47.0 Å². The van der Waals surface area contributed by atoms with Crippen molar-refractivity contribution in [1.82, 2.24) is 9.55 Å². The Morgan fingerprint density at radius 2 is 1.71 bits per heavy atom. The van der Waals surface area contributed by atoms with Gasteiger partial charge >= 0.3 is 0 Å². The third-order valence-corrected chi connectivity index (χ3v) is 6.70. The second kappa shape index (κ2) is 11.2. The van der Waals surface area contributed by atoms with E-state index in [1.807, 2.05) is 48.5 Å². The number of hydrogen-bond donors (Lipinski definition) is 0. The quantitative estimate of drug-likeness (QED) is 0.204. The van der Waals surface area contributed by atoms with Crippen LogP contribution >= 0.6 is 27.5 Å². The molecule has 0 aliphatic rings. The number of benzene rings is 3. The third kappa shape index (κ3) is 5.70. The van der Waals surface area contributed by atoms with Gasteiger partial charge in [-0.05, 0) is 96.2 Å². The van der Waals surface area contributed by atoms with Gasteiger partial charge < -0.3 is 4.74 Å². The summed E-state index contributed by atoms with van der Waals surface area (Å²) in [6.07, 6.45) is 3.91. The Morgan fingerprint density at radius 3 is 2.47 bits per heavy atom. The number of hydrogen-bond acceptors (Lipinski definition) is 3. The number of para-hydroxylation sites is 1. The van der Waals surface area contributed by atoms with E-state index >= 15 is 0 Å². The lowest BCUT2D eigenvalue weighted by molar-refractivity contribution is 0.300. The summed E-state index contributed by atoms with van der Waals surface area (Å²) in [4.78, 5) is 18.1. The van der Waals surface area contributed by atoms with Crippen molar-refractivity contribution in [1.29, 1.82) is 0 Å². The summed E-state index contributed by atoms with van der Waals surface area (Å²) in [6.45, 7) is 5.45. The highest BCUT2D eigenvalue weighted by atomic mass is 79.9. The van der Waals surface area contributed by atoms with E-state index in [9.17, 15) is 4.79 Å². The number of unbranched alkanes of at least 4 members (excludes halogenated alkanes) is 3. The molecule has 0 saturated carbocycles. The summed E-state index contributed by atoms with van der Waals surface area (Å²) in [5.41, 5.74) is 3.96. The fraction of sp³-hybridized carbons (Fsp3) is 0.286. The molecule has 0 amide bonds. The van der Waals surface area contributed by atoms with Crippen LogP contribution in [0.15, 0.2) is 69.9 Å². The van der Waals surface area contributed by atoms with Gasteiger partial charge in [0.2, 0.25) is 0 Å². The highest BCUT2D eigenvalue weighted by molar-refractivity contribution is 9.10. The van der Waals surface area contributed by atoms with Gasteiger partial charge in [-0.3, -0.25) is 9.36 Å². The Kier molecular flexibility index (Phi) is 8.07. The lowest BCUT2D eigenvalue weighted by Crippen LogP contribution is -2.23. The Balaban J connectivity index is 1.39. The molecule has 0 N–H and O–H groups in total. The van der Waals surface area contributed by atoms with Crippen molar-refractivity contribution in [2.75, 3.05) is 6.61 Å². The van der Waals surface area contributed by atoms with E-state index in [0.29, 0.717) is 34.9 Å². The first-order valence-corrected chi connectivity index (χ1v) is 12.8. The SMILES string of the molecule is Cc1cc(C)c(OCCCCCCn2c(-c3ccc(Cl)cc3)nc3ccccc3c2=O)c(Br)c1. The number of aryl methyl sites for hydroxylation is 2. The van der Waals surface area contributed by atoms with Crippen LogP contribution in [0, 0.1) is 13.8 Å². The van der Waals surface area contributed by atoms with E-state index in [-0.39, 0.29) is 5.56 Å². The van der Waals surface area contributed by atoms with Crippen LogP contribution in [0.3, 0.4) is 0 Å². The lowest BCUT2D eigenvalue weighted by atomic mass is 10.1. The molecule has 4 nitrogen and oxygen atoms in total. The molecule has 4 rings (SSSR count). The third-order valence-electron chi connectivity index (χ3n) is 5.86. The van der Waals surface area contributed by atoms with Gasteiger partial charge in [-0.1, -0.05) is 42.6 Å². The average Bonchev–Trinajstić information content (AvgIpc) is 2.81. The normalized spacial score (nSPS) is 11.2. The molecule has 3 aromatic carbocycles.